The molecule has 0 unspecified atom stereocenters. The minimum absolute atomic E-state index is 0.0356. The highest BCUT2D eigenvalue weighted by Gasteiger charge is 2.12. The number of amides is 2. The molecule has 3 N–H and O–H groups in total. The van der Waals surface area contributed by atoms with Crippen molar-refractivity contribution in [3.8, 4) is 0 Å². The van der Waals surface area contributed by atoms with Gasteiger partial charge in [0.2, 0.25) is 5.91 Å². The molecule has 19 heavy (non-hydrogen) atoms. The summed E-state index contributed by atoms with van der Waals surface area (Å²) in [6, 6.07) is 1.81. The zero-order valence-corrected chi connectivity index (χ0v) is 11.5. The van der Waals surface area contributed by atoms with E-state index < -0.39 is 0 Å². The lowest BCUT2D eigenvalue weighted by Gasteiger charge is -2.11. The Morgan fingerprint density at radius 1 is 1.21 bits per heavy atom. The summed E-state index contributed by atoms with van der Waals surface area (Å²) >= 11 is 0. The molecule has 104 valence electrons. The van der Waals surface area contributed by atoms with E-state index in [0.717, 1.165) is 11.4 Å². The molecule has 0 fully saturated rings. The highest BCUT2D eigenvalue weighted by molar-refractivity contribution is 6.00. The van der Waals surface area contributed by atoms with Crippen LogP contribution in [0.4, 0.5) is 5.69 Å². The highest BCUT2D eigenvalue weighted by Crippen LogP contribution is 2.15. The van der Waals surface area contributed by atoms with Crippen molar-refractivity contribution in [1.82, 2.24) is 15.6 Å². The topological polar surface area (TPSA) is 83.1 Å². The average molecular weight is 264 g/mol. The molecule has 1 aromatic rings. The van der Waals surface area contributed by atoms with Crippen molar-refractivity contribution in [3.63, 3.8) is 0 Å². The predicted octanol–water partition coefficient (Wildman–Crippen LogP) is 0.688. The van der Waals surface area contributed by atoms with Gasteiger partial charge in [-0.2, -0.15) is 0 Å². The molecule has 0 aliphatic heterocycles. The van der Waals surface area contributed by atoms with E-state index in [1.165, 1.54) is 6.20 Å². The van der Waals surface area contributed by atoms with E-state index >= 15 is 0 Å². The van der Waals surface area contributed by atoms with Crippen LogP contribution in [0.15, 0.2) is 12.3 Å². The van der Waals surface area contributed by atoms with Gasteiger partial charge in [-0.25, -0.2) is 0 Å². The van der Waals surface area contributed by atoms with Crippen LogP contribution in [-0.2, 0) is 4.79 Å². The molecule has 0 spiro atoms. The molecule has 1 rings (SSSR count). The lowest BCUT2D eigenvalue weighted by molar-refractivity contribution is -0.120. The molecule has 0 aliphatic carbocycles. The first-order valence-electron chi connectivity index (χ1n) is 6.33. The first-order chi connectivity index (χ1) is 9.08. The van der Waals surface area contributed by atoms with Crippen LogP contribution in [0.25, 0.3) is 0 Å². The van der Waals surface area contributed by atoms with Crippen molar-refractivity contribution in [3.05, 3.63) is 23.5 Å². The Hall–Kier alpha value is -2.11. The second-order valence-corrected chi connectivity index (χ2v) is 4.04. The third-order valence-electron chi connectivity index (χ3n) is 2.44. The molecule has 6 nitrogen and oxygen atoms in total. The predicted molar refractivity (Wildman–Crippen MR) is 74.2 cm³/mol. The van der Waals surface area contributed by atoms with E-state index in [1.54, 1.807) is 0 Å². The summed E-state index contributed by atoms with van der Waals surface area (Å²) in [6.45, 7) is 6.85. The fourth-order valence-electron chi connectivity index (χ4n) is 1.59. The maximum atomic E-state index is 12.0. The van der Waals surface area contributed by atoms with Gasteiger partial charge in [0.25, 0.3) is 5.91 Å². The first kappa shape index (κ1) is 14.9. The Bertz CT molecular complexity index is 460. The van der Waals surface area contributed by atoms with E-state index in [1.807, 2.05) is 26.8 Å². The first-order valence-corrected chi connectivity index (χ1v) is 6.33. The van der Waals surface area contributed by atoms with Gasteiger partial charge in [0.1, 0.15) is 0 Å². The summed E-state index contributed by atoms with van der Waals surface area (Å²) in [7, 11) is 0. The number of carbonyl (C=O) groups excluding carboxylic acids is 2. The molecular formula is C13H20N4O2. The zero-order chi connectivity index (χ0) is 14.3. The average Bonchev–Trinajstić information content (AvgIpc) is 2.37. The summed E-state index contributed by atoms with van der Waals surface area (Å²) in [5.41, 5.74) is 2.00. The van der Waals surface area contributed by atoms with Crippen LogP contribution in [0, 0.1) is 6.92 Å². The van der Waals surface area contributed by atoms with Gasteiger partial charge in [-0.05, 0) is 26.8 Å². The van der Waals surface area contributed by atoms with Crippen molar-refractivity contribution in [1.29, 1.82) is 0 Å². The number of hydrogen-bond acceptors (Lipinski definition) is 4. The number of nitrogens with one attached hydrogen (secondary N) is 3. The monoisotopic (exact) mass is 264 g/mol. The van der Waals surface area contributed by atoms with Gasteiger partial charge in [-0.1, -0.05) is 0 Å². The zero-order valence-electron chi connectivity index (χ0n) is 11.5. The highest BCUT2D eigenvalue weighted by atomic mass is 16.2. The molecule has 0 bridgehead atoms. The van der Waals surface area contributed by atoms with E-state index in [0.29, 0.717) is 18.7 Å². The second-order valence-electron chi connectivity index (χ2n) is 4.04. The number of likely N-dealkylation sites (N-methyl/N-ethyl adjacent to an activating group) is 1. The van der Waals surface area contributed by atoms with Crippen LogP contribution in [0.5, 0.6) is 0 Å². The molecule has 0 radical (unpaired) electrons. The molecule has 2 amide bonds. The summed E-state index contributed by atoms with van der Waals surface area (Å²) in [5.74, 6) is -0.518. The van der Waals surface area contributed by atoms with Crippen LogP contribution < -0.4 is 16.0 Å². The van der Waals surface area contributed by atoms with Crippen LogP contribution in [-0.4, -0.2) is 36.4 Å². The summed E-state index contributed by atoms with van der Waals surface area (Å²) in [5, 5.41) is 8.30. The second kappa shape index (κ2) is 7.35. The number of aromatic nitrogens is 1. The number of aryl methyl sites for hydroxylation is 1. The summed E-state index contributed by atoms with van der Waals surface area (Å²) < 4.78 is 0. The number of hydrogen-bond donors (Lipinski definition) is 3. The lowest BCUT2D eigenvalue weighted by Crippen LogP contribution is -2.37. The summed E-state index contributed by atoms with van der Waals surface area (Å²) in [6.07, 6.45) is 1.51. The minimum atomic E-state index is -0.310. The van der Waals surface area contributed by atoms with Gasteiger partial charge in [0.05, 0.1) is 17.8 Å². The van der Waals surface area contributed by atoms with Gasteiger partial charge >= 0.3 is 0 Å². The van der Waals surface area contributed by atoms with Crippen LogP contribution in [0.2, 0.25) is 0 Å². The van der Waals surface area contributed by atoms with Gasteiger partial charge in [0.15, 0.2) is 0 Å². The van der Waals surface area contributed by atoms with Gasteiger partial charge in [-0.3, -0.25) is 14.6 Å². The smallest absolute Gasteiger partial charge is 0.255 e. The molecule has 0 aromatic carbocycles. The van der Waals surface area contributed by atoms with E-state index in [4.69, 9.17) is 0 Å². The quantitative estimate of drug-likeness (QED) is 0.706. The lowest BCUT2D eigenvalue weighted by atomic mass is 10.2. The molecule has 0 saturated carbocycles. The number of rotatable bonds is 6. The molecule has 0 saturated heterocycles. The maximum Gasteiger partial charge on any atom is 0.255 e. The van der Waals surface area contributed by atoms with Gasteiger partial charge in [0, 0.05) is 25.0 Å². The molecule has 0 atom stereocenters. The van der Waals surface area contributed by atoms with Crippen molar-refractivity contribution in [2.45, 2.75) is 20.8 Å². The molecule has 1 aromatic heterocycles. The van der Waals surface area contributed by atoms with Crippen molar-refractivity contribution >= 4 is 17.5 Å². The fraction of sp³-hybridized carbons (Fsp3) is 0.462. The Balaban J connectivity index is 2.73. The Kier molecular flexibility index (Phi) is 5.78. The fourth-order valence-corrected chi connectivity index (χ4v) is 1.59. The Morgan fingerprint density at radius 2 is 1.95 bits per heavy atom. The molecule has 1 heterocycles. The van der Waals surface area contributed by atoms with E-state index in [-0.39, 0.29) is 18.4 Å². The largest absolute Gasteiger partial charge is 0.385 e. The van der Waals surface area contributed by atoms with Crippen molar-refractivity contribution in [2.24, 2.45) is 0 Å². The molecule has 0 aliphatic rings. The van der Waals surface area contributed by atoms with Crippen LogP contribution >= 0.6 is 0 Å². The van der Waals surface area contributed by atoms with E-state index in [2.05, 4.69) is 20.9 Å². The maximum absolute atomic E-state index is 12.0. The van der Waals surface area contributed by atoms with Crippen molar-refractivity contribution in [2.75, 3.05) is 25.0 Å². The minimum Gasteiger partial charge on any atom is -0.385 e. The summed E-state index contributed by atoms with van der Waals surface area (Å²) in [4.78, 5) is 27.4. The third-order valence-corrected chi connectivity index (χ3v) is 2.44. The third kappa shape index (κ3) is 4.57. The number of pyridine rings is 1. The normalized spacial score (nSPS) is 9.84. The number of carbonyl (C=O) groups is 2. The van der Waals surface area contributed by atoms with Crippen LogP contribution in [0.3, 0.4) is 0 Å². The standard InChI is InChI=1S/C13H20N4O2/c1-4-14-11-6-9(3)16-7-10(11)13(19)17-8-12(18)15-5-2/h6-7H,4-5,8H2,1-3H3,(H,14,16)(H,15,18)(H,17,19). The van der Waals surface area contributed by atoms with Crippen molar-refractivity contribution < 1.29 is 9.59 Å². The van der Waals surface area contributed by atoms with Crippen LogP contribution in [0.1, 0.15) is 29.9 Å². The Morgan fingerprint density at radius 3 is 2.58 bits per heavy atom. The van der Waals surface area contributed by atoms with Gasteiger partial charge < -0.3 is 16.0 Å². The number of nitrogens with zero attached hydrogens (tertiary/aromatic N) is 1. The molecule has 6 heteroatoms. The van der Waals surface area contributed by atoms with Gasteiger partial charge in [-0.15, -0.1) is 0 Å². The SMILES string of the molecule is CCNC(=O)CNC(=O)c1cnc(C)cc1NCC. The molecular weight excluding hydrogens is 244 g/mol. The Labute approximate surface area is 113 Å². The van der Waals surface area contributed by atoms with E-state index in [9.17, 15) is 9.59 Å². The number of anilines is 1.